The van der Waals surface area contributed by atoms with E-state index in [0.29, 0.717) is 17.5 Å². The number of anilines is 1. The van der Waals surface area contributed by atoms with Crippen LogP contribution in [-0.4, -0.2) is 49.2 Å². The Kier molecular flexibility index (Phi) is 4.44. The normalized spacial score (nSPS) is 16.5. The summed E-state index contributed by atoms with van der Waals surface area (Å²) in [5.41, 5.74) is 0.714. The number of hydrogen-bond donors (Lipinski definition) is 0. The van der Waals surface area contributed by atoms with Gasteiger partial charge < -0.3 is 9.64 Å². The Balaban J connectivity index is 2.24. The van der Waals surface area contributed by atoms with Gasteiger partial charge in [-0.3, -0.25) is 15.0 Å². The van der Waals surface area contributed by atoms with Crippen LogP contribution in [0.2, 0.25) is 0 Å². The van der Waals surface area contributed by atoms with Crippen LogP contribution in [0.15, 0.2) is 18.2 Å². The second-order valence-electron chi connectivity index (χ2n) is 5.20. The molecule has 1 aliphatic heterocycles. The van der Waals surface area contributed by atoms with Crippen molar-refractivity contribution in [1.82, 2.24) is 4.90 Å². The molecular weight excluding hydrogens is 258 g/mol. The van der Waals surface area contributed by atoms with Crippen LogP contribution in [0.1, 0.15) is 13.8 Å². The maximum Gasteiger partial charge on any atom is 0.333 e. The molecule has 0 saturated carbocycles. The van der Waals surface area contributed by atoms with E-state index in [1.54, 1.807) is 18.2 Å². The molecule has 0 aromatic heterocycles. The molecule has 1 aromatic rings. The third kappa shape index (κ3) is 2.85. The van der Waals surface area contributed by atoms with Crippen molar-refractivity contribution in [3.05, 3.63) is 28.3 Å². The van der Waals surface area contributed by atoms with Crippen LogP contribution in [-0.2, 0) is 0 Å². The molecule has 0 N–H and O–H groups in total. The van der Waals surface area contributed by atoms with Crippen molar-refractivity contribution < 1.29 is 9.66 Å². The Morgan fingerprint density at radius 2 is 1.90 bits per heavy atom. The first kappa shape index (κ1) is 14.6. The average Bonchev–Trinajstić information content (AvgIpc) is 2.46. The van der Waals surface area contributed by atoms with Gasteiger partial charge in [-0.25, -0.2) is 0 Å². The Bertz CT molecular complexity index is 483. The zero-order valence-corrected chi connectivity index (χ0v) is 12.2. The maximum absolute atomic E-state index is 11.3. The standard InChI is InChI=1S/C14H21N3O3/c1-11(2)15-7-9-16(10-8-15)12-5-4-6-13(20-3)14(12)17(18)19/h4-6,11H,7-10H2,1-3H3. The molecule has 0 bridgehead atoms. The molecule has 1 fully saturated rings. The molecule has 0 atom stereocenters. The summed E-state index contributed by atoms with van der Waals surface area (Å²) in [6.45, 7) is 7.78. The van der Waals surface area contributed by atoms with E-state index in [4.69, 9.17) is 4.74 Å². The van der Waals surface area contributed by atoms with Crippen molar-refractivity contribution in [3.8, 4) is 5.75 Å². The van der Waals surface area contributed by atoms with E-state index in [1.165, 1.54) is 7.11 Å². The topological polar surface area (TPSA) is 58.8 Å². The number of nitro benzene ring substituents is 1. The van der Waals surface area contributed by atoms with Gasteiger partial charge in [-0.15, -0.1) is 0 Å². The van der Waals surface area contributed by atoms with Crippen LogP contribution in [0.25, 0.3) is 0 Å². The zero-order chi connectivity index (χ0) is 14.7. The molecule has 1 aromatic carbocycles. The zero-order valence-electron chi connectivity index (χ0n) is 12.2. The SMILES string of the molecule is COc1cccc(N2CCN(C(C)C)CC2)c1[N+](=O)[O-]. The number of methoxy groups -OCH3 is 1. The third-order valence-corrected chi connectivity index (χ3v) is 3.77. The van der Waals surface area contributed by atoms with E-state index in [2.05, 4.69) is 23.6 Å². The lowest BCUT2D eigenvalue weighted by atomic mass is 10.2. The molecule has 0 aliphatic carbocycles. The number of ether oxygens (including phenoxy) is 1. The average molecular weight is 279 g/mol. The summed E-state index contributed by atoms with van der Waals surface area (Å²) >= 11 is 0. The lowest BCUT2D eigenvalue weighted by molar-refractivity contribution is -0.385. The van der Waals surface area contributed by atoms with Gasteiger partial charge in [-0.2, -0.15) is 0 Å². The lowest BCUT2D eigenvalue weighted by Gasteiger charge is -2.37. The summed E-state index contributed by atoms with van der Waals surface area (Å²) in [4.78, 5) is 15.4. The quantitative estimate of drug-likeness (QED) is 0.624. The molecule has 6 heteroatoms. The molecule has 20 heavy (non-hydrogen) atoms. The predicted octanol–water partition coefficient (Wildman–Crippen LogP) is 2.13. The maximum atomic E-state index is 11.3. The lowest BCUT2D eigenvalue weighted by Crippen LogP contribution is -2.49. The highest BCUT2D eigenvalue weighted by molar-refractivity contribution is 5.70. The Labute approximate surface area is 119 Å². The van der Waals surface area contributed by atoms with Crippen LogP contribution >= 0.6 is 0 Å². The Morgan fingerprint density at radius 3 is 2.40 bits per heavy atom. The molecule has 1 aliphatic rings. The van der Waals surface area contributed by atoms with Crippen molar-refractivity contribution in [3.63, 3.8) is 0 Å². The fourth-order valence-electron chi connectivity index (χ4n) is 2.59. The molecule has 0 radical (unpaired) electrons. The first-order valence-corrected chi connectivity index (χ1v) is 6.85. The van der Waals surface area contributed by atoms with Gasteiger partial charge in [0.15, 0.2) is 5.75 Å². The van der Waals surface area contributed by atoms with Crippen molar-refractivity contribution in [2.24, 2.45) is 0 Å². The van der Waals surface area contributed by atoms with Crippen molar-refractivity contribution >= 4 is 11.4 Å². The van der Waals surface area contributed by atoms with E-state index in [9.17, 15) is 10.1 Å². The van der Waals surface area contributed by atoms with Crippen LogP contribution in [0.3, 0.4) is 0 Å². The number of benzene rings is 1. The van der Waals surface area contributed by atoms with Gasteiger partial charge >= 0.3 is 5.69 Å². The van der Waals surface area contributed by atoms with E-state index in [1.807, 2.05) is 0 Å². The molecule has 1 heterocycles. The number of piperazine rings is 1. The number of nitrogens with zero attached hydrogens (tertiary/aromatic N) is 3. The Hall–Kier alpha value is -1.82. The number of nitro groups is 1. The van der Waals surface area contributed by atoms with Gasteiger partial charge in [0.1, 0.15) is 5.69 Å². The summed E-state index contributed by atoms with van der Waals surface area (Å²) in [5, 5.41) is 11.3. The number of hydrogen-bond acceptors (Lipinski definition) is 5. The highest BCUT2D eigenvalue weighted by atomic mass is 16.6. The first-order valence-electron chi connectivity index (χ1n) is 6.85. The fourth-order valence-corrected chi connectivity index (χ4v) is 2.59. The first-order chi connectivity index (χ1) is 9.54. The summed E-state index contributed by atoms with van der Waals surface area (Å²) in [5.74, 6) is 0.318. The van der Waals surface area contributed by atoms with Crippen LogP contribution < -0.4 is 9.64 Å². The largest absolute Gasteiger partial charge is 0.490 e. The summed E-state index contributed by atoms with van der Waals surface area (Å²) in [6, 6.07) is 5.74. The summed E-state index contributed by atoms with van der Waals surface area (Å²) in [6.07, 6.45) is 0. The molecule has 2 rings (SSSR count). The molecule has 0 amide bonds. The van der Waals surface area contributed by atoms with Crippen LogP contribution in [0, 0.1) is 10.1 Å². The van der Waals surface area contributed by atoms with Crippen LogP contribution in [0.5, 0.6) is 5.75 Å². The predicted molar refractivity (Wildman–Crippen MR) is 78.6 cm³/mol. The monoisotopic (exact) mass is 279 g/mol. The summed E-state index contributed by atoms with van der Waals surface area (Å²) < 4.78 is 5.12. The number of para-hydroxylation sites is 1. The van der Waals surface area contributed by atoms with E-state index in [-0.39, 0.29) is 10.6 Å². The van der Waals surface area contributed by atoms with Crippen LogP contribution in [0.4, 0.5) is 11.4 Å². The van der Waals surface area contributed by atoms with E-state index < -0.39 is 0 Å². The van der Waals surface area contributed by atoms with E-state index in [0.717, 1.165) is 26.2 Å². The van der Waals surface area contributed by atoms with Gasteiger partial charge in [0.2, 0.25) is 0 Å². The second kappa shape index (κ2) is 6.09. The van der Waals surface area contributed by atoms with Crippen molar-refractivity contribution in [2.75, 3.05) is 38.2 Å². The highest BCUT2D eigenvalue weighted by Gasteiger charge is 2.27. The van der Waals surface area contributed by atoms with E-state index >= 15 is 0 Å². The van der Waals surface area contributed by atoms with Crippen molar-refractivity contribution in [1.29, 1.82) is 0 Å². The smallest absolute Gasteiger partial charge is 0.333 e. The minimum atomic E-state index is -0.358. The minimum absolute atomic E-state index is 0.0630. The second-order valence-corrected chi connectivity index (χ2v) is 5.20. The summed E-state index contributed by atoms with van der Waals surface area (Å²) in [7, 11) is 1.46. The Morgan fingerprint density at radius 1 is 1.25 bits per heavy atom. The molecule has 6 nitrogen and oxygen atoms in total. The van der Waals surface area contributed by atoms with Gasteiger partial charge in [-0.1, -0.05) is 6.07 Å². The highest BCUT2D eigenvalue weighted by Crippen LogP contribution is 2.37. The van der Waals surface area contributed by atoms with Gasteiger partial charge in [0.05, 0.1) is 12.0 Å². The fraction of sp³-hybridized carbons (Fsp3) is 0.571. The molecule has 0 unspecified atom stereocenters. The van der Waals surface area contributed by atoms with Gasteiger partial charge in [0.25, 0.3) is 0 Å². The minimum Gasteiger partial charge on any atom is -0.490 e. The molecule has 1 saturated heterocycles. The molecule has 110 valence electrons. The molecule has 0 spiro atoms. The van der Waals surface area contributed by atoms with Gasteiger partial charge in [0, 0.05) is 32.2 Å². The molecular formula is C14H21N3O3. The third-order valence-electron chi connectivity index (χ3n) is 3.77. The number of rotatable bonds is 4. The van der Waals surface area contributed by atoms with Crippen molar-refractivity contribution in [2.45, 2.75) is 19.9 Å². The van der Waals surface area contributed by atoms with Gasteiger partial charge in [-0.05, 0) is 26.0 Å².